The maximum atomic E-state index is 6.75. The summed E-state index contributed by atoms with van der Waals surface area (Å²) in [5.41, 5.74) is 5.83. The van der Waals surface area contributed by atoms with Gasteiger partial charge in [0.15, 0.2) is 0 Å². The minimum atomic E-state index is -0.00568. The molecule has 0 spiro atoms. The molecule has 2 unspecified atom stereocenters. The van der Waals surface area contributed by atoms with Crippen LogP contribution in [0.4, 0.5) is 0 Å². The molecule has 1 saturated carbocycles. The van der Waals surface area contributed by atoms with E-state index in [0.717, 1.165) is 63.0 Å². The molecule has 448 valence electrons. The predicted molar refractivity (Wildman–Crippen MR) is 352 cm³/mol. The Labute approximate surface area is 495 Å². The molecule has 6 heteroatoms. The van der Waals surface area contributed by atoms with Crippen LogP contribution < -0.4 is 20.1 Å². The molecular weight excluding hydrogens is 989 g/mol. The molecule has 2 atom stereocenters. The molecule has 0 saturated heterocycles. The first-order valence-corrected chi connectivity index (χ1v) is 35.0. The van der Waals surface area contributed by atoms with Crippen LogP contribution in [0.2, 0.25) is 0 Å². The van der Waals surface area contributed by atoms with Gasteiger partial charge < -0.3 is 20.1 Å². The molecule has 0 bridgehead atoms. The molecular formula is C72H126N2O2S2. The van der Waals surface area contributed by atoms with Crippen molar-refractivity contribution < 1.29 is 9.47 Å². The van der Waals surface area contributed by atoms with Crippen LogP contribution in [0.1, 0.15) is 347 Å². The van der Waals surface area contributed by atoms with Gasteiger partial charge in [-0.25, -0.2) is 0 Å². The molecule has 0 amide bonds. The zero-order valence-corrected chi connectivity index (χ0v) is 54.2. The summed E-state index contributed by atoms with van der Waals surface area (Å²) in [4.78, 5) is 0. The average molecular weight is 1120 g/mol. The summed E-state index contributed by atoms with van der Waals surface area (Å²) in [5.74, 6) is 1.93. The van der Waals surface area contributed by atoms with Gasteiger partial charge in [-0.3, -0.25) is 0 Å². The van der Waals surface area contributed by atoms with Gasteiger partial charge in [0.05, 0.1) is 0 Å². The molecule has 1 fully saturated rings. The van der Waals surface area contributed by atoms with Crippen molar-refractivity contribution in [3.05, 3.63) is 58.7 Å². The van der Waals surface area contributed by atoms with Crippen LogP contribution in [-0.2, 0) is 25.7 Å². The zero-order chi connectivity index (χ0) is 56.2. The lowest BCUT2D eigenvalue weighted by Gasteiger charge is -2.47. The number of aryl methyl sites for hydroxylation is 2. The smallest absolute Gasteiger partial charge is 0.262 e. The SMILES string of the molecule is CCCCCCCCCCCCc1cccc(OC(=S)NCC2(C)CC(NC(=S)Oc3cccc(CCCCCCCCCCCC)c3CCCCCCCCCCCC)CC(C)(C)C2)c1CCCCCCCCCCCC. The molecule has 78 heavy (non-hydrogen) atoms. The molecule has 2 N–H and O–H groups in total. The first kappa shape index (κ1) is 70.1. The Bertz CT molecular complexity index is 1790. The van der Waals surface area contributed by atoms with E-state index < -0.39 is 0 Å². The summed E-state index contributed by atoms with van der Waals surface area (Å²) >= 11 is 12.2. The Balaban J connectivity index is 1.61. The highest BCUT2D eigenvalue weighted by molar-refractivity contribution is 7.80. The minimum Gasteiger partial charge on any atom is -0.432 e. The molecule has 1 aliphatic rings. The summed E-state index contributed by atoms with van der Waals surface area (Å²) in [5, 5.41) is 8.43. The Morgan fingerprint density at radius 3 is 1.06 bits per heavy atom. The molecule has 0 heterocycles. The summed E-state index contributed by atoms with van der Waals surface area (Å²) in [6.45, 7) is 17.2. The lowest BCUT2D eigenvalue weighted by atomic mass is 9.62. The quantitative estimate of drug-likeness (QED) is 0.0508. The number of unbranched alkanes of at least 4 members (excludes halogenated alkanes) is 36. The fraction of sp³-hybridized carbons (Fsp3) is 0.806. The lowest BCUT2D eigenvalue weighted by Crippen LogP contribution is -2.51. The topological polar surface area (TPSA) is 42.5 Å². The van der Waals surface area contributed by atoms with Crippen molar-refractivity contribution in [2.75, 3.05) is 6.54 Å². The molecule has 2 aromatic rings. The third-order valence-electron chi connectivity index (χ3n) is 17.5. The summed E-state index contributed by atoms with van der Waals surface area (Å²) < 4.78 is 13.4. The Morgan fingerprint density at radius 1 is 0.410 bits per heavy atom. The number of nitrogens with one attached hydrogen (secondary N) is 2. The second kappa shape index (κ2) is 45.3. The summed E-state index contributed by atoms with van der Waals surface area (Å²) in [6, 6.07) is 13.7. The van der Waals surface area contributed by atoms with E-state index in [0.29, 0.717) is 10.3 Å². The van der Waals surface area contributed by atoms with Gasteiger partial charge in [-0.2, -0.15) is 0 Å². The Morgan fingerprint density at radius 2 is 0.718 bits per heavy atom. The summed E-state index contributed by atoms with van der Waals surface area (Å²) in [7, 11) is 0. The van der Waals surface area contributed by atoms with Crippen molar-refractivity contribution in [3.63, 3.8) is 0 Å². The number of thiocarbonyl (C=S) groups is 2. The zero-order valence-electron chi connectivity index (χ0n) is 52.6. The van der Waals surface area contributed by atoms with Crippen LogP contribution in [0, 0.1) is 10.8 Å². The van der Waals surface area contributed by atoms with E-state index in [9.17, 15) is 0 Å². The third kappa shape index (κ3) is 33.7. The van der Waals surface area contributed by atoms with Crippen molar-refractivity contribution in [3.8, 4) is 11.5 Å². The Hall–Kier alpha value is -2.18. The molecule has 1 aliphatic carbocycles. The van der Waals surface area contributed by atoms with Crippen molar-refractivity contribution in [1.82, 2.24) is 10.6 Å². The maximum absolute atomic E-state index is 6.75. The first-order chi connectivity index (χ1) is 38.0. The lowest BCUT2D eigenvalue weighted by molar-refractivity contribution is 0.0786. The average Bonchev–Trinajstić information content (AvgIpc) is 3.42. The van der Waals surface area contributed by atoms with E-state index in [1.807, 2.05) is 0 Å². The van der Waals surface area contributed by atoms with Crippen molar-refractivity contribution >= 4 is 34.8 Å². The summed E-state index contributed by atoms with van der Waals surface area (Å²) in [6.07, 6.45) is 61.8. The van der Waals surface area contributed by atoms with Gasteiger partial charge in [0.1, 0.15) is 11.5 Å². The van der Waals surface area contributed by atoms with Crippen molar-refractivity contribution in [2.24, 2.45) is 10.8 Å². The normalized spacial score (nSPS) is 16.1. The number of ether oxygens (including phenoxy) is 2. The van der Waals surface area contributed by atoms with E-state index in [1.165, 1.54) is 279 Å². The van der Waals surface area contributed by atoms with Crippen LogP contribution in [0.25, 0.3) is 0 Å². The highest BCUT2D eigenvalue weighted by Gasteiger charge is 2.42. The van der Waals surface area contributed by atoms with Crippen LogP contribution in [0.5, 0.6) is 11.5 Å². The van der Waals surface area contributed by atoms with E-state index in [1.54, 1.807) is 0 Å². The van der Waals surface area contributed by atoms with Gasteiger partial charge in [0.25, 0.3) is 10.3 Å². The fourth-order valence-corrected chi connectivity index (χ4v) is 13.6. The van der Waals surface area contributed by atoms with Crippen molar-refractivity contribution in [2.45, 2.75) is 356 Å². The van der Waals surface area contributed by atoms with Crippen LogP contribution in [0.15, 0.2) is 36.4 Å². The van der Waals surface area contributed by atoms with Gasteiger partial charge >= 0.3 is 0 Å². The van der Waals surface area contributed by atoms with E-state index >= 15 is 0 Å². The highest BCUT2D eigenvalue weighted by Crippen LogP contribution is 2.46. The standard InChI is InChI=1S/C72H126N2O2S2/c1-8-12-16-20-24-28-32-36-40-44-50-62-52-48-56-67(65(62)54-46-42-38-34-30-26-22-18-14-10-3)75-69(77)73-61-72(7)59-64(58-71(5,6)60-72)74-70(78)76-68-57-49-53-63(51-45-41-37-33-29-25-21-17-13-9-2)66(68)55-47-43-39-35-31-27-23-19-15-11-4/h48-49,52-53,56-57,64H,8-47,50-51,54-55,58-61H2,1-7H3,(H,73,77)(H,74,78). The Kier molecular flexibility index (Phi) is 40.7. The van der Waals surface area contributed by atoms with E-state index in [4.69, 9.17) is 33.9 Å². The van der Waals surface area contributed by atoms with Crippen molar-refractivity contribution in [1.29, 1.82) is 0 Å². The maximum Gasteiger partial charge on any atom is 0.262 e. The number of rotatable bonds is 49. The minimum absolute atomic E-state index is 0.00568. The van der Waals surface area contributed by atoms with Gasteiger partial charge in [0.2, 0.25) is 0 Å². The van der Waals surface area contributed by atoms with Crippen LogP contribution in [-0.4, -0.2) is 22.9 Å². The third-order valence-corrected chi connectivity index (χ3v) is 17.9. The molecule has 4 nitrogen and oxygen atoms in total. The molecule has 0 aromatic heterocycles. The molecule has 3 rings (SSSR count). The number of hydrogen-bond acceptors (Lipinski definition) is 4. The predicted octanol–water partition coefficient (Wildman–Crippen LogP) is 23.3. The van der Waals surface area contributed by atoms with Gasteiger partial charge in [-0.15, -0.1) is 0 Å². The highest BCUT2D eigenvalue weighted by atomic mass is 32.1. The molecule has 0 aliphatic heterocycles. The van der Waals surface area contributed by atoms with Gasteiger partial charge in [-0.05, 0) is 140 Å². The monoisotopic (exact) mass is 1110 g/mol. The number of hydrogen-bond donors (Lipinski definition) is 2. The number of benzene rings is 2. The van der Waals surface area contributed by atoms with Gasteiger partial charge in [-0.1, -0.05) is 304 Å². The molecule has 0 radical (unpaired) electrons. The van der Waals surface area contributed by atoms with E-state index in [2.05, 4.69) is 95.5 Å². The largest absolute Gasteiger partial charge is 0.432 e. The van der Waals surface area contributed by atoms with Gasteiger partial charge in [0, 0.05) is 12.6 Å². The van der Waals surface area contributed by atoms with Crippen LogP contribution in [0.3, 0.4) is 0 Å². The van der Waals surface area contributed by atoms with Crippen LogP contribution >= 0.6 is 24.4 Å². The first-order valence-electron chi connectivity index (χ1n) is 34.2. The fourth-order valence-electron chi connectivity index (χ4n) is 13.2. The van der Waals surface area contributed by atoms with E-state index in [-0.39, 0.29) is 16.9 Å². The second-order valence-electron chi connectivity index (χ2n) is 26.0. The second-order valence-corrected chi connectivity index (χ2v) is 26.8. The molecule has 2 aromatic carbocycles.